The Morgan fingerprint density at radius 1 is 1.56 bits per heavy atom. The molecule has 5 nitrogen and oxygen atoms in total. The predicted molar refractivity (Wildman–Crippen MR) is 58.0 cm³/mol. The Bertz CT molecular complexity index is 423. The number of rotatable bonds is 3. The van der Waals surface area contributed by atoms with E-state index in [4.69, 9.17) is 5.11 Å². The van der Waals surface area contributed by atoms with E-state index in [0.29, 0.717) is 0 Å². The van der Waals surface area contributed by atoms with Gasteiger partial charge in [-0.3, -0.25) is 5.32 Å². The van der Waals surface area contributed by atoms with E-state index in [1.54, 1.807) is 0 Å². The molecular formula is C10H12F3N3O2. The van der Waals surface area contributed by atoms with E-state index in [9.17, 15) is 18.0 Å². The summed E-state index contributed by atoms with van der Waals surface area (Å²) in [6.45, 7) is -0.162. The van der Waals surface area contributed by atoms with Gasteiger partial charge in [0.2, 0.25) is 0 Å². The summed E-state index contributed by atoms with van der Waals surface area (Å²) in [6.07, 6.45) is -3.52. The number of nitrogens with one attached hydrogen (secondary N) is 1. The van der Waals surface area contributed by atoms with Gasteiger partial charge in [-0.1, -0.05) is 0 Å². The van der Waals surface area contributed by atoms with E-state index < -0.39 is 17.8 Å². The number of anilines is 1. The van der Waals surface area contributed by atoms with Crippen LogP contribution in [0.4, 0.5) is 23.8 Å². The fourth-order valence-corrected chi connectivity index (χ4v) is 1.13. The third-order valence-electron chi connectivity index (χ3n) is 2.10. The van der Waals surface area contributed by atoms with Crippen molar-refractivity contribution >= 4 is 11.8 Å². The molecule has 0 fully saturated rings. The van der Waals surface area contributed by atoms with E-state index in [-0.39, 0.29) is 19.0 Å². The molecule has 2 amide bonds. The van der Waals surface area contributed by atoms with Crippen LogP contribution in [0.5, 0.6) is 0 Å². The van der Waals surface area contributed by atoms with Crippen LogP contribution in [0, 0.1) is 0 Å². The number of hydrogen-bond donors (Lipinski definition) is 2. The summed E-state index contributed by atoms with van der Waals surface area (Å²) in [6, 6.07) is 0.911. The number of carbonyl (C=O) groups excluding carboxylic acids is 1. The zero-order chi connectivity index (χ0) is 13.8. The Morgan fingerprint density at radius 2 is 2.22 bits per heavy atom. The summed E-state index contributed by atoms with van der Waals surface area (Å²) in [4.78, 5) is 16.2. The quantitative estimate of drug-likeness (QED) is 0.869. The third kappa shape index (κ3) is 3.88. The first-order chi connectivity index (χ1) is 8.34. The van der Waals surface area contributed by atoms with Crippen molar-refractivity contribution < 1.29 is 23.1 Å². The molecule has 0 spiro atoms. The first kappa shape index (κ1) is 14.2. The number of hydrogen-bond acceptors (Lipinski definition) is 3. The second-order valence-electron chi connectivity index (χ2n) is 3.50. The second kappa shape index (κ2) is 5.67. The summed E-state index contributed by atoms with van der Waals surface area (Å²) in [5.74, 6) is -0.195. The van der Waals surface area contributed by atoms with E-state index in [0.717, 1.165) is 23.2 Å². The van der Waals surface area contributed by atoms with Gasteiger partial charge in [0.15, 0.2) is 0 Å². The molecule has 1 rings (SSSR count). The van der Waals surface area contributed by atoms with Crippen molar-refractivity contribution in [2.24, 2.45) is 0 Å². The van der Waals surface area contributed by atoms with E-state index >= 15 is 0 Å². The van der Waals surface area contributed by atoms with Crippen molar-refractivity contribution in [3.63, 3.8) is 0 Å². The summed E-state index contributed by atoms with van der Waals surface area (Å²) in [5.41, 5.74) is -0.891. The van der Waals surface area contributed by atoms with Crippen molar-refractivity contribution in [3.8, 4) is 0 Å². The number of alkyl halides is 3. The average Bonchev–Trinajstić information content (AvgIpc) is 2.28. The molecule has 0 aromatic carbocycles. The van der Waals surface area contributed by atoms with Gasteiger partial charge in [0, 0.05) is 19.8 Å². The molecule has 18 heavy (non-hydrogen) atoms. The molecule has 0 atom stereocenters. The van der Waals surface area contributed by atoms with Gasteiger partial charge in [0.25, 0.3) is 0 Å². The lowest BCUT2D eigenvalue weighted by atomic mass is 10.2. The van der Waals surface area contributed by atoms with Crippen LogP contribution in [0.3, 0.4) is 0 Å². The van der Waals surface area contributed by atoms with Gasteiger partial charge in [-0.05, 0) is 12.1 Å². The topological polar surface area (TPSA) is 65.5 Å². The molecule has 1 aromatic heterocycles. The van der Waals surface area contributed by atoms with Crippen molar-refractivity contribution in [3.05, 3.63) is 23.9 Å². The molecule has 0 radical (unpaired) electrons. The van der Waals surface area contributed by atoms with Crippen LogP contribution >= 0.6 is 0 Å². The molecule has 8 heteroatoms. The zero-order valence-electron chi connectivity index (χ0n) is 9.53. The SMILES string of the molecule is CN(CCO)C(=O)Nc1cc(C(F)(F)F)ccn1. The first-order valence-electron chi connectivity index (χ1n) is 5.01. The number of carbonyl (C=O) groups is 1. The number of halogens is 3. The minimum atomic E-state index is -4.49. The molecule has 0 bridgehead atoms. The largest absolute Gasteiger partial charge is 0.416 e. The molecule has 1 heterocycles. The Kier molecular flexibility index (Phi) is 4.49. The Balaban J connectivity index is 2.77. The smallest absolute Gasteiger partial charge is 0.395 e. The molecular weight excluding hydrogens is 251 g/mol. The van der Waals surface area contributed by atoms with Crippen LogP contribution in [-0.2, 0) is 6.18 Å². The number of aliphatic hydroxyl groups is 1. The van der Waals surface area contributed by atoms with Gasteiger partial charge >= 0.3 is 12.2 Å². The van der Waals surface area contributed by atoms with Gasteiger partial charge in [-0.2, -0.15) is 13.2 Å². The maximum absolute atomic E-state index is 12.4. The third-order valence-corrected chi connectivity index (χ3v) is 2.10. The van der Waals surface area contributed by atoms with E-state index in [1.165, 1.54) is 7.05 Å². The monoisotopic (exact) mass is 263 g/mol. The fraction of sp³-hybridized carbons (Fsp3) is 0.400. The van der Waals surface area contributed by atoms with Gasteiger partial charge < -0.3 is 10.0 Å². The number of aliphatic hydroxyl groups excluding tert-OH is 1. The van der Waals surface area contributed by atoms with Gasteiger partial charge in [-0.25, -0.2) is 9.78 Å². The van der Waals surface area contributed by atoms with Crippen molar-refractivity contribution in [1.29, 1.82) is 0 Å². The van der Waals surface area contributed by atoms with Crippen LogP contribution in [0.2, 0.25) is 0 Å². The molecule has 0 aliphatic heterocycles. The molecule has 0 saturated heterocycles. The summed E-state index contributed by atoms with van der Waals surface area (Å²) in [5, 5.41) is 10.8. The number of likely N-dealkylation sites (N-methyl/N-ethyl adjacent to an activating group) is 1. The predicted octanol–water partition coefficient (Wildman–Crippen LogP) is 1.56. The lowest BCUT2D eigenvalue weighted by Crippen LogP contribution is -2.33. The number of urea groups is 1. The van der Waals surface area contributed by atoms with Crippen LogP contribution < -0.4 is 5.32 Å². The van der Waals surface area contributed by atoms with Gasteiger partial charge in [0.05, 0.1) is 12.2 Å². The number of pyridine rings is 1. The lowest BCUT2D eigenvalue weighted by Gasteiger charge is -2.16. The second-order valence-corrected chi connectivity index (χ2v) is 3.50. The first-order valence-corrected chi connectivity index (χ1v) is 5.01. The zero-order valence-corrected chi connectivity index (χ0v) is 9.53. The van der Waals surface area contributed by atoms with Crippen molar-refractivity contribution in [1.82, 2.24) is 9.88 Å². The van der Waals surface area contributed by atoms with Gasteiger partial charge in [0.1, 0.15) is 5.82 Å². The average molecular weight is 263 g/mol. The molecule has 0 aliphatic rings. The number of aromatic nitrogens is 1. The minimum absolute atomic E-state index is 0.0742. The standard InChI is InChI=1S/C10H12F3N3O2/c1-16(4-5-17)9(18)15-8-6-7(2-3-14-8)10(11,12)13/h2-3,6,17H,4-5H2,1H3,(H,14,15,18). The molecule has 0 unspecified atom stereocenters. The Morgan fingerprint density at radius 3 is 2.78 bits per heavy atom. The number of nitrogens with zero attached hydrogens (tertiary/aromatic N) is 2. The summed E-state index contributed by atoms with van der Waals surface area (Å²) >= 11 is 0. The maximum atomic E-state index is 12.4. The minimum Gasteiger partial charge on any atom is -0.395 e. The Labute approximate surface area is 101 Å². The molecule has 0 aliphatic carbocycles. The van der Waals surface area contributed by atoms with E-state index in [1.807, 2.05) is 0 Å². The van der Waals surface area contributed by atoms with Crippen LogP contribution in [0.15, 0.2) is 18.3 Å². The van der Waals surface area contributed by atoms with Crippen LogP contribution in [-0.4, -0.2) is 41.2 Å². The normalized spacial score (nSPS) is 11.2. The Hall–Kier alpha value is -1.83. The number of amides is 2. The van der Waals surface area contributed by atoms with E-state index in [2.05, 4.69) is 10.3 Å². The summed E-state index contributed by atoms with van der Waals surface area (Å²) < 4.78 is 37.2. The molecule has 2 N–H and O–H groups in total. The van der Waals surface area contributed by atoms with Crippen LogP contribution in [0.25, 0.3) is 0 Å². The van der Waals surface area contributed by atoms with Crippen molar-refractivity contribution in [2.75, 3.05) is 25.5 Å². The molecule has 1 aromatic rings. The molecule has 100 valence electrons. The van der Waals surface area contributed by atoms with Gasteiger partial charge in [-0.15, -0.1) is 0 Å². The highest BCUT2D eigenvalue weighted by Crippen LogP contribution is 2.29. The highest BCUT2D eigenvalue weighted by atomic mass is 19.4. The lowest BCUT2D eigenvalue weighted by molar-refractivity contribution is -0.137. The molecule has 0 saturated carbocycles. The maximum Gasteiger partial charge on any atom is 0.416 e. The van der Waals surface area contributed by atoms with Crippen molar-refractivity contribution in [2.45, 2.75) is 6.18 Å². The highest BCUT2D eigenvalue weighted by molar-refractivity contribution is 5.88. The fourth-order valence-electron chi connectivity index (χ4n) is 1.13. The summed E-state index contributed by atoms with van der Waals surface area (Å²) in [7, 11) is 1.40. The highest BCUT2D eigenvalue weighted by Gasteiger charge is 2.30. The van der Waals surface area contributed by atoms with Crippen LogP contribution in [0.1, 0.15) is 5.56 Å².